The van der Waals surface area contributed by atoms with E-state index in [1.54, 1.807) is 11.5 Å². The molecule has 3 aromatic rings. The second-order valence-corrected chi connectivity index (χ2v) is 4.97. The largest absolute Gasteiger partial charge is 0.496 e. The van der Waals surface area contributed by atoms with E-state index < -0.39 is 0 Å². The molecular formula is C16H17N3O2. The maximum absolute atomic E-state index is 9.22. The Morgan fingerprint density at radius 2 is 2.10 bits per heavy atom. The maximum Gasteiger partial charge on any atom is 0.139 e. The fraction of sp³-hybridized carbons (Fsp3) is 0.188. The molecule has 0 saturated heterocycles. The van der Waals surface area contributed by atoms with Gasteiger partial charge in [0.25, 0.3) is 0 Å². The molecule has 0 atom stereocenters. The van der Waals surface area contributed by atoms with Gasteiger partial charge in [0.15, 0.2) is 0 Å². The fourth-order valence-corrected chi connectivity index (χ4v) is 2.41. The van der Waals surface area contributed by atoms with E-state index in [4.69, 9.17) is 10.5 Å². The van der Waals surface area contributed by atoms with Crippen molar-refractivity contribution in [2.45, 2.75) is 13.5 Å². The number of nitrogen functional groups attached to an aromatic ring is 1. The third-order valence-electron chi connectivity index (χ3n) is 3.52. The van der Waals surface area contributed by atoms with Crippen molar-refractivity contribution in [1.82, 2.24) is 9.38 Å². The number of imidazole rings is 1. The Bertz CT molecular complexity index is 809. The number of anilines is 1. The molecule has 0 aliphatic rings. The van der Waals surface area contributed by atoms with Crippen molar-refractivity contribution in [3.8, 4) is 17.0 Å². The summed E-state index contributed by atoms with van der Waals surface area (Å²) in [5.74, 6) is 1.29. The van der Waals surface area contributed by atoms with Crippen LogP contribution in [0.5, 0.6) is 5.75 Å². The molecule has 3 N–H and O–H groups in total. The molecule has 3 rings (SSSR count). The third kappa shape index (κ3) is 2.21. The first-order valence-electron chi connectivity index (χ1n) is 6.66. The average Bonchev–Trinajstić information content (AvgIpc) is 2.83. The predicted octanol–water partition coefficient (Wildman–Crippen LogP) is 2.39. The minimum Gasteiger partial charge on any atom is -0.496 e. The van der Waals surface area contributed by atoms with Crippen molar-refractivity contribution in [3.63, 3.8) is 0 Å². The third-order valence-corrected chi connectivity index (χ3v) is 3.52. The molecule has 0 saturated carbocycles. The Balaban J connectivity index is 2.25. The fourth-order valence-electron chi connectivity index (χ4n) is 2.41. The molecule has 2 heterocycles. The van der Waals surface area contributed by atoms with Crippen molar-refractivity contribution in [2.24, 2.45) is 0 Å². The number of ether oxygens (including phenoxy) is 1. The smallest absolute Gasteiger partial charge is 0.139 e. The van der Waals surface area contributed by atoms with E-state index in [1.165, 1.54) is 0 Å². The number of hydrogen-bond donors (Lipinski definition) is 2. The zero-order valence-corrected chi connectivity index (χ0v) is 12.0. The Morgan fingerprint density at radius 1 is 1.29 bits per heavy atom. The van der Waals surface area contributed by atoms with Gasteiger partial charge in [-0.15, -0.1) is 0 Å². The van der Waals surface area contributed by atoms with Crippen LogP contribution in [0.15, 0.2) is 36.5 Å². The molecule has 0 bridgehead atoms. The van der Waals surface area contributed by atoms with E-state index in [2.05, 4.69) is 4.98 Å². The van der Waals surface area contributed by atoms with Crippen LogP contribution in [0, 0.1) is 6.92 Å². The minimum atomic E-state index is -0.0215. The first kappa shape index (κ1) is 13.5. The molecule has 0 amide bonds. The summed E-state index contributed by atoms with van der Waals surface area (Å²) >= 11 is 0. The maximum atomic E-state index is 9.22. The summed E-state index contributed by atoms with van der Waals surface area (Å²) in [4.78, 5) is 4.59. The topological polar surface area (TPSA) is 72.8 Å². The summed E-state index contributed by atoms with van der Waals surface area (Å²) < 4.78 is 7.21. The molecular weight excluding hydrogens is 266 g/mol. The molecule has 5 heteroatoms. The number of benzene rings is 1. The van der Waals surface area contributed by atoms with Gasteiger partial charge in [-0.25, -0.2) is 4.98 Å². The number of aliphatic hydroxyl groups excluding tert-OH is 1. The van der Waals surface area contributed by atoms with Gasteiger partial charge >= 0.3 is 0 Å². The van der Waals surface area contributed by atoms with Gasteiger partial charge < -0.3 is 15.6 Å². The first-order valence-corrected chi connectivity index (χ1v) is 6.66. The lowest BCUT2D eigenvalue weighted by Crippen LogP contribution is -1.96. The molecule has 21 heavy (non-hydrogen) atoms. The van der Waals surface area contributed by atoms with Crippen LogP contribution >= 0.6 is 0 Å². The van der Waals surface area contributed by atoms with Crippen LogP contribution in [0.4, 0.5) is 5.82 Å². The SMILES string of the molecule is COc1ccc(C)cc1-c1nc2cc(CO)ccn2c1N. The Hall–Kier alpha value is -2.53. The lowest BCUT2D eigenvalue weighted by Gasteiger charge is -2.08. The highest BCUT2D eigenvalue weighted by Gasteiger charge is 2.15. The van der Waals surface area contributed by atoms with E-state index >= 15 is 0 Å². The zero-order valence-electron chi connectivity index (χ0n) is 12.0. The zero-order chi connectivity index (χ0) is 15.0. The summed E-state index contributed by atoms with van der Waals surface area (Å²) in [6, 6.07) is 9.54. The number of pyridine rings is 1. The van der Waals surface area contributed by atoms with Crippen molar-refractivity contribution in [2.75, 3.05) is 12.8 Å². The monoisotopic (exact) mass is 283 g/mol. The normalized spacial score (nSPS) is 11.0. The molecule has 0 aliphatic heterocycles. The van der Waals surface area contributed by atoms with Gasteiger partial charge in [-0.3, -0.25) is 4.40 Å². The van der Waals surface area contributed by atoms with E-state index in [0.29, 0.717) is 17.2 Å². The second-order valence-electron chi connectivity index (χ2n) is 4.97. The summed E-state index contributed by atoms with van der Waals surface area (Å²) in [6.07, 6.45) is 1.81. The summed E-state index contributed by atoms with van der Waals surface area (Å²) in [6.45, 7) is 1.99. The highest BCUT2D eigenvalue weighted by Crippen LogP contribution is 2.34. The molecule has 0 fully saturated rings. The van der Waals surface area contributed by atoms with Crippen molar-refractivity contribution >= 4 is 11.5 Å². The first-order chi connectivity index (χ1) is 10.1. The molecule has 5 nitrogen and oxygen atoms in total. The van der Waals surface area contributed by atoms with Crippen LogP contribution in [0.25, 0.3) is 16.9 Å². The number of nitrogens with two attached hydrogens (primary N) is 1. The van der Waals surface area contributed by atoms with Crippen LogP contribution in [0.2, 0.25) is 0 Å². The van der Waals surface area contributed by atoms with Gasteiger partial charge in [0, 0.05) is 11.8 Å². The van der Waals surface area contributed by atoms with Gasteiger partial charge in [-0.1, -0.05) is 11.6 Å². The number of rotatable bonds is 3. The summed E-state index contributed by atoms with van der Waals surface area (Å²) in [5, 5.41) is 9.22. The highest BCUT2D eigenvalue weighted by atomic mass is 16.5. The van der Waals surface area contributed by atoms with Gasteiger partial charge in [-0.05, 0) is 36.8 Å². The Kier molecular flexibility index (Phi) is 3.27. The van der Waals surface area contributed by atoms with Crippen molar-refractivity contribution < 1.29 is 9.84 Å². The van der Waals surface area contributed by atoms with Gasteiger partial charge in [-0.2, -0.15) is 0 Å². The number of aryl methyl sites for hydroxylation is 1. The van der Waals surface area contributed by atoms with Crippen molar-refractivity contribution in [3.05, 3.63) is 47.7 Å². The molecule has 0 spiro atoms. The molecule has 0 unspecified atom stereocenters. The Morgan fingerprint density at radius 3 is 2.81 bits per heavy atom. The highest BCUT2D eigenvalue weighted by molar-refractivity contribution is 5.79. The molecule has 0 aliphatic carbocycles. The lowest BCUT2D eigenvalue weighted by atomic mass is 10.1. The lowest BCUT2D eigenvalue weighted by molar-refractivity contribution is 0.282. The number of methoxy groups -OCH3 is 1. The van der Waals surface area contributed by atoms with E-state index in [1.807, 2.05) is 43.5 Å². The van der Waals surface area contributed by atoms with Crippen LogP contribution in [0.3, 0.4) is 0 Å². The average molecular weight is 283 g/mol. The quantitative estimate of drug-likeness (QED) is 0.774. The van der Waals surface area contributed by atoms with Crippen LogP contribution < -0.4 is 10.5 Å². The number of aliphatic hydroxyl groups is 1. The van der Waals surface area contributed by atoms with E-state index in [-0.39, 0.29) is 6.61 Å². The standard InChI is InChI=1S/C16H17N3O2/c1-10-3-4-13(21-2)12(7-10)15-16(17)19-6-5-11(9-20)8-14(19)18-15/h3-8,20H,9,17H2,1-2H3. The number of aromatic nitrogens is 2. The van der Waals surface area contributed by atoms with E-state index in [9.17, 15) is 5.11 Å². The van der Waals surface area contributed by atoms with Gasteiger partial charge in [0.05, 0.1) is 13.7 Å². The number of fused-ring (bicyclic) bond motifs is 1. The van der Waals surface area contributed by atoms with Crippen molar-refractivity contribution in [1.29, 1.82) is 0 Å². The van der Waals surface area contributed by atoms with Crippen LogP contribution in [-0.2, 0) is 6.61 Å². The molecule has 108 valence electrons. The molecule has 0 radical (unpaired) electrons. The van der Waals surface area contributed by atoms with Crippen LogP contribution in [0.1, 0.15) is 11.1 Å². The number of nitrogens with zero attached hydrogens (tertiary/aromatic N) is 2. The summed E-state index contributed by atoms with van der Waals surface area (Å²) in [7, 11) is 1.63. The van der Waals surface area contributed by atoms with E-state index in [0.717, 1.165) is 22.4 Å². The Labute approximate surface area is 122 Å². The van der Waals surface area contributed by atoms with Gasteiger partial charge in [0.1, 0.15) is 22.9 Å². The summed E-state index contributed by atoms with van der Waals surface area (Å²) in [5.41, 5.74) is 10.4. The minimum absolute atomic E-state index is 0.0215. The second kappa shape index (κ2) is 5.10. The van der Waals surface area contributed by atoms with Gasteiger partial charge in [0.2, 0.25) is 0 Å². The van der Waals surface area contributed by atoms with Crippen LogP contribution in [-0.4, -0.2) is 21.6 Å². The molecule has 2 aromatic heterocycles. The predicted molar refractivity (Wildman–Crippen MR) is 82.3 cm³/mol. The number of hydrogen-bond acceptors (Lipinski definition) is 4. The molecule has 1 aromatic carbocycles.